The normalized spacial score (nSPS) is 12.5. The summed E-state index contributed by atoms with van der Waals surface area (Å²) in [7, 11) is 4.74. The van der Waals surface area contributed by atoms with Crippen LogP contribution < -0.4 is 22.3 Å². The molecule has 0 aliphatic heterocycles. The number of imidazole rings is 1. The van der Waals surface area contributed by atoms with Gasteiger partial charge in [0.15, 0.2) is 5.52 Å². The maximum absolute atomic E-state index is 12.2. The highest BCUT2D eigenvalue weighted by atomic mass is 16.3. The Labute approximate surface area is 143 Å². The largest absolute Gasteiger partial charge is 0.390 e. The molecule has 2 aromatic heterocycles. The van der Waals surface area contributed by atoms with E-state index >= 15 is 0 Å². The third-order valence-electron chi connectivity index (χ3n) is 4.17. The minimum absolute atomic E-state index is 0.0911. The number of carbonyl (C=O) groups excluding carboxylic acids is 1. The molecule has 2 aromatic rings. The van der Waals surface area contributed by atoms with E-state index in [0.29, 0.717) is 24.3 Å². The van der Waals surface area contributed by atoms with Gasteiger partial charge in [-0.25, -0.2) is 9.78 Å². The Morgan fingerprint density at radius 1 is 1.24 bits per heavy atom. The van der Waals surface area contributed by atoms with Crippen LogP contribution in [0.15, 0.2) is 9.59 Å². The number of aliphatic hydroxyl groups excluding tert-OH is 1. The van der Waals surface area contributed by atoms with Crippen LogP contribution in [0.2, 0.25) is 0 Å². The number of hydrogen-bond donors (Lipinski definition) is 3. The predicted octanol–water partition coefficient (Wildman–Crippen LogP) is -2.27. The summed E-state index contributed by atoms with van der Waals surface area (Å²) in [5.41, 5.74) is 5.11. The van der Waals surface area contributed by atoms with Gasteiger partial charge in [-0.3, -0.25) is 18.7 Å². The van der Waals surface area contributed by atoms with E-state index in [-0.39, 0.29) is 30.9 Å². The molecule has 25 heavy (non-hydrogen) atoms. The van der Waals surface area contributed by atoms with E-state index in [1.807, 2.05) is 0 Å². The number of amides is 1. The summed E-state index contributed by atoms with van der Waals surface area (Å²) in [6.07, 6.45) is 0.518. The summed E-state index contributed by atoms with van der Waals surface area (Å²) >= 11 is 0. The zero-order valence-electron chi connectivity index (χ0n) is 14.7. The Hall–Kier alpha value is -2.46. The maximum Gasteiger partial charge on any atom is 0.332 e. The summed E-state index contributed by atoms with van der Waals surface area (Å²) in [6.45, 7) is 0.216. The van der Waals surface area contributed by atoms with Crippen LogP contribution in [0.4, 0.5) is 0 Å². The van der Waals surface area contributed by atoms with Gasteiger partial charge in [0.25, 0.3) is 5.56 Å². The van der Waals surface area contributed by atoms with Crippen molar-refractivity contribution in [2.24, 2.45) is 26.9 Å². The Morgan fingerprint density at radius 2 is 1.92 bits per heavy atom. The molecule has 2 rings (SSSR count). The van der Waals surface area contributed by atoms with Gasteiger partial charge in [0.1, 0.15) is 11.5 Å². The zero-order valence-corrected chi connectivity index (χ0v) is 14.7. The van der Waals surface area contributed by atoms with Gasteiger partial charge >= 0.3 is 5.69 Å². The summed E-state index contributed by atoms with van der Waals surface area (Å²) in [5.74, 6) is 0.442. The number of fused-ring (bicyclic) bond motifs is 1. The Morgan fingerprint density at radius 3 is 2.56 bits per heavy atom. The fourth-order valence-electron chi connectivity index (χ4n) is 2.66. The Balaban J connectivity index is 2.10. The van der Waals surface area contributed by atoms with Crippen molar-refractivity contribution in [3.63, 3.8) is 0 Å². The minimum atomic E-state index is -0.749. The zero-order chi connectivity index (χ0) is 18.7. The number of nitrogens with one attached hydrogen (secondary N) is 1. The van der Waals surface area contributed by atoms with Gasteiger partial charge in [-0.05, 0) is 6.42 Å². The average Bonchev–Trinajstić information content (AvgIpc) is 2.92. The fraction of sp³-hybridized carbons (Fsp3) is 0.600. The van der Waals surface area contributed by atoms with E-state index in [0.717, 1.165) is 4.57 Å². The summed E-state index contributed by atoms with van der Waals surface area (Å²) < 4.78 is 4.11. The van der Waals surface area contributed by atoms with Crippen molar-refractivity contribution in [2.45, 2.75) is 25.4 Å². The number of nitrogens with two attached hydrogens (primary N) is 1. The quantitative estimate of drug-likeness (QED) is 0.514. The molecule has 0 aromatic carbocycles. The SMILES string of the molecule is Cn1c(=O)c2nc(CCCC(=O)NCC(O)CN)n(C)c2n(C)c1=O. The molecule has 0 saturated carbocycles. The molecule has 138 valence electrons. The molecule has 10 nitrogen and oxygen atoms in total. The lowest BCUT2D eigenvalue weighted by atomic mass is 10.2. The fourth-order valence-corrected chi connectivity index (χ4v) is 2.66. The van der Waals surface area contributed by atoms with Crippen LogP contribution in [-0.2, 0) is 32.4 Å². The van der Waals surface area contributed by atoms with E-state index in [9.17, 15) is 19.5 Å². The minimum Gasteiger partial charge on any atom is -0.390 e. The monoisotopic (exact) mass is 352 g/mol. The van der Waals surface area contributed by atoms with Crippen molar-refractivity contribution in [2.75, 3.05) is 13.1 Å². The average molecular weight is 352 g/mol. The van der Waals surface area contributed by atoms with E-state index in [1.165, 1.54) is 11.6 Å². The number of nitrogens with zero attached hydrogens (tertiary/aromatic N) is 4. The van der Waals surface area contributed by atoms with Crippen LogP contribution in [0.1, 0.15) is 18.7 Å². The summed E-state index contributed by atoms with van der Waals surface area (Å²) in [4.78, 5) is 40.3. The molecule has 0 aliphatic carbocycles. The van der Waals surface area contributed by atoms with E-state index in [2.05, 4.69) is 10.3 Å². The van der Waals surface area contributed by atoms with Gasteiger partial charge in [0, 0.05) is 47.1 Å². The van der Waals surface area contributed by atoms with Crippen LogP contribution in [0.25, 0.3) is 11.2 Å². The van der Waals surface area contributed by atoms with Crippen LogP contribution in [0, 0.1) is 0 Å². The lowest BCUT2D eigenvalue weighted by molar-refractivity contribution is -0.121. The molecular weight excluding hydrogens is 328 g/mol. The molecule has 0 bridgehead atoms. The first kappa shape index (κ1) is 18.9. The van der Waals surface area contributed by atoms with Gasteiger partial charge in [-0.15, -0.1) is 0 Å². The summed E-state index contributed by atoms with van der Waals surface area (Å²) in [5, 5.41) is 11.9. The predicted molar refractivity (Wildman–Crippen MR) is 92.2 cm³/mol. The molecule has 0 radical (unpaired) electrons. The molecule has 1 unspecified atom stereocenters. The first-order valence-corrected chi connectivity index (χ1v) is 8.04. The molecule has 0 saturated heterocycles. The lowest BCUT2D eigenvalue weighted by Crippen LogP contribution is -2.37. The molecular formula is C15H24N6O4. The van der Waals surface area contributed by atoms with Crippen LogP contribution in [0.5, 0.6) is 0 Å². The molecule has 1 amide bonds. The van der Waals surface area contributed by atoms with Crippen LogP contribution in [-0.4, -0.2) is 48.9 Å². The first-order valence-electron chi connectivity index (χ1n) is 8.04. The second-order valence-electron chi connectivity index (χ2n) is 6.01. The number of aromatic nitrogens is 4. The topological polar surface area (TPSA) is 137 Å². The van der Waals surface area contributed by atoms with Crippen molar-refractivity contribution >= 4 is 17.1 Å². The van der Waals surface area contributed by atoms with Gasteiger partial charge in [0.05, 0.1) is 6.10 Å². The van der Waals surface area contributed by atoms with Crippen molar-refractivity contribution in [3.8, 4) is 0 Å². The van der Waals surface area contributed by atoms with Crippen molar-refractivity contribution in [1.29, 1.82) is 0 Å². The van der Waals surface area contributed by atoms with E-state index in [1.54, 1.807) is 18.7 Å². The lowest BCUT2D eigenvalue weighted by Gasteiger charge is -2.09. The highest BCUT2D eigenvalue weighted by Gasteiger charge is 2.16. The number of aryl methyl sites for hydroxylation is 3. The van der Waals surface area contributed by atoms with Crippen molar-refractivity contribution in [1.82, 2.24) is 24.0 Å². The summed E-state index contributed by atoms with van der Waals surface area (Å²) in [6, 6.07) is 0. The number of rotatable bonds is 7. The third-order valence-corrected chi connectivity index (χ3v) is 4.17. The molecule has 0 spiro atoms. The Bertz CT molecular complexity index is 894. The molecule has 1 atom stereocenters. The van der Waals surface area contributed by atoms with Crippen LogP contribution in [0.3, 0.4) is 0 Å². The molecule has 0 fully saturated rings. The van der Waals surface area contributed by atoms with Gasteiger partial charge in [-0.2, -0.15) is 0 Å². The third kappa shape index (κ3) is 3.80. The van der Waals surface area contributed by atoms with E-state index < -0.39 is 17.4 Å². The van der Waals surface area contributed by atoms with Crippen molar-refractivity contribution in [3.05, 3.63) is 26.7 Å². The smallest absolute Gasteiger partial charge is 0.332 e. The number of hydrogen-bond acceptors (Lipinski definition) is 6. The second kappa shape index (κ2) is 7.62. The standard InChI is InChI=1S/C15H24N6O4/c1-19-10(5-4-6-11(23)17-8-9(22)7-16)18-12-13(19)20(2)15(25)21(3)14(12)24/h9,22H,4-8,16H2,1-3H3,(H,17,23). The van der Waals surface area contributed by atoms with E-state index in [4.69, 9.17) is 5.73 Å². The molecule has 0 aliphatic rings. The number of aliphatic hydroxyl groups is 1. The van der Waals surface area contributed by atoms with Crippen molar-refractivity contribution < 1.29 is 9.90 Å². The molecule has 2 heterocycles. The van der Waals surface area contributed by atoms with Gasteiger partial charge in [0.2, 0.25) is 5.91 Å². The van der Waals surface area contributed by atoms with Crippen LogP contribution >= 0.6 is 0 Å². The second-order valence-corrected chi connectivity index (χ2v) is 6.01. The van der Waals surface area contributed by atoms with Gasteiger partial charge < -0.3 is 20.7 Å². The molecule has 4 N–H and O–H groups in total. The number of carbonyl (C=O) groups is 1. The highest BCUT2D eigenvalue weighted by molar-refractivity contribution is 5.76. The highest BCUT2D eigenvalue weighted by Crippen LogP contribution is 2.11. The maximum atomic E-state index is 12.2. The molecule has 10 heteroatoms. The first-order chi connectivity index (χ1) is 11.8. The van der Waals surface area contributed by atoms with Gasteiger partial charge in [-0.1, -0.05) is 0 Å². The Kier molecular flexibility index (Phi) is 5.75.